The van der Waals surface area contributed by atoms with Gasteiger partial charge >= 0.3 is 12.4 Å². The van der Waals surface area contributed by atoms with E-state index in [1.54, 1.807) is 12.1 Å². The van der Waals surface area contributed by atoms with Crippen LogP contribution in [0.25, 0.3) is 87.6 Å². The summed E-state index contributed by atoms with van der Waals surface area (Å²) in [5, 5.41) is 8.43. The second-order valence-electron chi connectivity index (χ2n) is 23.1. The summed E-state index contributed by atoms with van der Waals surface area (Å²) >= 11 is 0. The zero-order valence-corrected chi connectivity index (χ0v) is 46.8. The van der Waals surface area contributed by atoms with Crippen LogP contribution >= 0.6 is 0 Å². The van der Waals surface area contributed by atoms with Crippen molar-refractivity contribution in [2.45, 2.75) is 30.6 Å². The maximum absolute atomic E-state index is 14.5. The molecule has 1 aromatic heterocycles. The Labute approximate surface area is 501 Å². The molecule has 424 valence electrons. The quantitative estimate of drug-likeness (QED) is 0.123. The number of anilines is 6. The lowest BCUT2D eigenvalue weighted by Gasteiger charge is -2.34. The maximum Gasteiger partial charge on any atom is 0.416 e. The van der Waals surface area contributed by atoms with Crippen LogP contribution in [0.2, 0.25) is 0 Å². The molecule has 1 aliphatic heterocycles. The highest BCUT2D eigenvalue weighted by Gasteiger charge is 2.53. The lowest BCUT2D eigenvalue weighted by molar-refractivity contribution is -0.138. The molecule has 2 heterocycles. The van der Waals surface area contributed by atoms with Crippen LogP contribution in [0.3, 0.4) is 0 Å². The second-order valence-corrected chi connectivity index (χ2v) is 23.1. The molecular formula is C78H48F6N2O2. The van der Waals surface area contributed by atoms with Crippen molar-refractivity contribution < 1.29 is 35.5 Å². The van der Waals surface area contributed by atoms with Crippen molar-refractivity contribution in [2.24, 2.45) is 0 Å². The van der Waals surface area contributed by atoms with Gasteiger partial charge in [-0.15, -0.1) is 0 Å². The summed E-state index contributed by atoms with van der Waals surface area (Å²) in [7, 11) is 0. The highest BCUT2D eigenvalue weighted by atomic mass is 19.4. The van der Waals surface area contributed by atoms with E-state index in [0.29, 0.717) is 53.4 Å². The molecule has 0 saturated carbocycles. The van der Waals surface area contributed by atoms with E-state index in [-0.39, 0.29) is 0 Å². The van der Waals surface area contributed by atoms with Gasteiger partial charge in [-0.2, -0.15) is 26.3 Å². The topological polar surface area (TPSA) is 28.9 Å². The fourth-order valence-electron chi connectivity index (χ4n) is 14.7. The summed E-state index contributed by atoms with van der Waals surface area (Å²) in [5.41, 5.74) is 13.5. The number of furan rings is 1. The van der Waals surface area contributed by atoms with Gasteiger partial charge < -0.3 is 19.0 Å². The molecule has 0 amide bonds. The van der Waals surface area contributed by atoms with E-state index in [0.717, 1.165) is 146 Å². The van der Waals surface area contributed by atoms with Gasteiger partial charge in [0.1, 0.15) is 11.3 Å². The summed E-state index contributed by atoms with van der Waals surface area (Å²) < 4.78 is 100. The predicted octanol–water partition coefficient (Wildman–Crippen LogP) is 22.4. The fraction of sp³-hybridized carbons (Fsp3) is 0.0769. The van der Waals surface area contributed by atoms with Gasteiger partial charge in [-0.3, -0.25) is 0 Å². The van der Waals surface area contributed by atoms with Crippen LogP contribution in [0.1, 0.15) is 45.4 Å². The average molecular weight is 1160 g/mol. The Morgan fingerprint density at radius 3 is 1.44 bits per heavy atom. The first-order valence-electron chi connectivity index (χ1n) is 29.4. The molecule has 1 atom stereocenters. The molecule has 10 heteroatoms. The van der Waals surface area contributed by atoms with Gasteiger partial charge in [-0.25, -0.2) is 0 Å². The smallest absolute Gasteiger partial charge is 0.416 e. The van der Waals surface area contributed by atoms with Gasteiger partial charge in [0.05, 0.1) is 28.8 Å². The minimum Gasteiger partial charge on any atom is -0.493 e. The van der Waals surface area contributed by atoms with Crippen molar-refractivity contribution in [1.82, 2.24) is 0 Å². The van der Waals surface area contributed by atoms with Gasteiger partial charge in [0.15, 0.2) is 5.58 Å². The molecule has 0 saturated heterocycles. The average Bonchev–Trinajstić information content (AvgIpc) is 1.50. The summed E-state index contributed by atoms with van der Waals surface area (Å²) in [5.74, 6) is 0.760. The molecule has 0 N–H and O–H groups in total. The molecule has 0 bridgehead atoms. The van der Waals surface area contributed by atoms with Crippen molar-refractivity contribution in [1.29, 1.82) is 0 Å². The molecular weight excluding hydrogens is 1110 g/mol. The van der Waals surface area contributed by atoms with Crippen LogP contribution in [0.15, 0.2) is 259 Å². The van der Waals surface area contributed by atoms with Crippen molar-refractivity contribution in [3.63, 3.8) is 0 Å². The molecule has 0 fully saturated rings. The summed E-state index contributed by atoms with van der Waals surface area (Å²) in [6.07, 6.45) is -7.80. The first kappa shape index (κ1) is 51.8. The first-order valence-corrected chi connectivity index (χ1v) is 29.4. The van der Waals surface area contributed by atoms with E-state index in [1.165, 1.54) is 12.1 Å². The van der Waals surface area contributed by atoms with Crippen molar-refractivity contribution in [3.05, 3.63) is 294 Å². The zero-order valence-electron chi connectivity index (χ0n) is 46.8. The third kappa shape index (κ3) is 7.67. The normalized spacial score (nSPS) is 14.9. The Hall–Kier alpha value is -10.6. The standard InChI is InChI=1S/C78H48F6N2O2/c79-77(80,81)46-29-33-48(34-30-46)85(71-25-11-21-56-60(71)23-13-41-87-73-27-9-6-19-61(56)73)50-37-39-58-59-40-38-51(86(49-35-31-47(32-36-49)78(82,83)84)72-26-12-22-63-62-20-7-10-28-74(62)88-75(63)72)43-69(59)76(68(58)42-50)67-24-8-5-18-57(67)66-44-64-54-16-3-1-14-52(54)53-15-2-4-17-55(53)65(64)45-70(66)76/h1-12,14-22,24-40,42-45H,13,23,41H2. The molecule has 1 spiro atoms. The molecule has 4 nitrogen and oxygen atoms in total. The van der Waals surface area contributed by atoms with Crippen LogP contribution in [0, 0.1) is 0 Å². The van der Waals surface area contributed by atoms with Gasteiger partial charge in [0, 0.05) is 44.8 Å². The predicted molar refractivity (Wildman–Crippen MR) is 341 cm³/mol. The summed E-state index contributed by atoms with van der Waals surface area (Å²) in [6, 6.07) is 81.7. The van der Waals surface area contributed by atoms with Crippen molar-refractivity contribution in [2.75, 3.05) is 16.4 Å². The molecule has 88 heavy (non-hydrogen) atoms. The summed E-state index contributed by atoms with van der Waals surface area (Å²) in [4.78, 5) is 4.10. The van der Waals surface area contributed by atoms with E-state index < -0.39 is 28.9 Å². The van der Waals surface area contributed by atoms with Crippen molar-refractivity contribution >= 4 is 88.4 Å². The Kier molecular flexibility index (Phi) is 11.3. The fourth-order valence-corrected chi connectivity index (χ4v) is 14.7. The molecule has 0 radical (unpaired) electrons. The lowest BCUT2D eigenvalue weighted by atomic mass is 9.70. The number of benzene rings is 13. The second kappa shape index (κ2) is 19.2. The Morgan fingerprint density at radius 2 is 0.807 bits per heavy atom. The molecule has 13 aromatic carbocycles. The molecule has 3 aliphatic rings. The molecule has 17 rings (SSSR count). The van der Waals surface area contributed by atoms with Crippen LogP contribution in [-0.4, -0.2) is 6.61 Å². The minimum absolute atomic E-state index is 0.481. The number of rotatable bonds is 6. The van der Waals surface area contributed by atoms with Crippen LogP contribution in [0.5, 0.6) is 5.75 Å². The lowest BCUT2D eigenvalue weighted by Crippen LogP contribution is -2.26. The van der Waals surface area contributed by atoms with Gasteiger partial charge in [0.2, 0.25) is 0 Å². The van der Waals surface area contributed by atoms with E-state index in [4.69, 9.17) is 9.15 Å². The SMILES string of the molecule is FC(F)(F)c1ccc(N(c2ccc3c(c2)C2(c4ccccc4-c4cc5c6ccccc6c6ccccc6c5cc42)c2cc(N(c4ccc(C(F)(F)F)cc4)c4cccc5c4oc4ccccc45)ccc2-3)c2cccc3c2CCCOc2ccccc2-3)cc1. The maximum atomic E-state index is 14.5. The molecule has 1 unspecified atom stereocenters. The number of halogens is 6. The zero-order chi connectivity index (χ0) is 59.2. The van der Waals surface area contributed by atoms with E-state index in [9.17, 15) is 26.3 Å². The Balaban J connectivity index is 0.968. The van der Waals surface area contributed by atoms with Gasteiger partial charge in [-0.1, -0.05) is 146 Å². The number of alkyl halides is 6. The van der Waals surface area contributed by atoms with Gasteiger partial charge in [-0.05, 0) is 210 Å². The van der Waals surface area contributed by atoms with E-state index >= 15 is 0 Å². The third-order valence-electron chi connectivity index (χ3n) is 18.5. The van der Waals surface area contributed by atoms with Crippen LogP contribution < -0.4 is 14.5 Å². The third-order valence-corrected chi connectivity index (χ3v) is 18.5. The number of ether oxygens (including phenoxy) is 1. The van der Waals surface area contributed by atoms with E-state index in [2.05, 4.69) is 138 Å². The minimum atomic E-state index is -4.57. The number of nitrogens with zero attached hydrogens (tertiary/aromatic N) is 2. The largest absolute Gasteiger partial charge is 0.493 e. The van der Waals surface area contributed by atoms with Crippen LogP contribution in [0.4, 0.5) is 60.5 Å². The van der Waals surface area contributed by atoms with Crippen LogP contribution in [-0.2, 0) is 24.2 Å². The highest BCUT2D eigenvalue weighted by molar-refractivity contribution is 6.26. The number of hydrogen-bond donors (Lipinski definition) is 0. The Morgan fingerprint density at radius 1 is 0.341 bits per heavy atom. The molecule has 2 aliphatic carbocycles. The van der Waals surface area contributed by atoms with E-state index in [1.807, 2.05) is 77.7 Å². The first-order chi connectivity index (χ1) is 42.9. The number of fused-ring (bicyclic) bond motifs is 22. The number of para-hydroxylation sites is 3. The van der Waals surface area contributed by atoms with Gasteiger partial charge in [0.25, 0.3) is 0 Å². The molecule has 14 aromatic rings. The highest BCUT2D eigenvalue weighted by Crippen LogP contribution is 2.65. The monoisotopic (exact) mass is 1160 g/mol. The number of hydrogen-bond acceptors (Lipinski definition) is 4. The van der Waals surface area contributed by atoms with Crippen molar-refractivity contribution in [3.8, 4) is 39.1 Å². The summed E-state index contributed by atoms with van der Waals surface area (Å²) in [6.45, 7) is 0.481. The Bertz CT molecular complexity index is 5220.